The van der Waals surface area contributed by atoms with Gasteiger partial charge in [0, 0.05) is 18.1 Å². The molecule has 1 aliphatic rings. The monoisotopic (exact) mass is 391 g/mol. The van der Waals surface area contributed by atoms with Gasteiger partial charge < -0.3 is 19.7 Å². The molecule has 9 heteroatoms. The van der Waals surface area contributed by atoms with Crippen molar-refractivity contribution in [2.24, 2.45) is 0 Å². The van der Waals surface area contributed by atoms with E-state index in [4.69, 9.17) is 21.1 Å². The van der Waals surface area contributed by atoms with Crippen molar-refractivity contribution >= 4 is 23.5 Å². The minimum atomic E-state index is -0.326. The van der Waals surface area contributed by atoms with Gasteiger partial charge in [0.1, 0.15) is 5.75 Å². The van der Waals surface area contributed by atoms with Crippen LogP contribution < -0.4 is 19.7 Å². The van der Waals surface area contributed by atoms with Crippen LogP contribution in [-0.2, 0) is 6.54 Å². The summed E-state index contributed by atoms with van der Waals surface area (Å²) >= 11 is 5.99. The Morgan fingerprint density at radius 2 is 1.93 bits per heavy atom. The molecular weight excluding hydrogens is 370 g/mol. The van der Waals surface area contributed by atoms with Gasteiger partial charge in [-0.25, -0.2) is 0 Å². The zero-order chi connectivity index (χ0) is 19.2. The number of ether oxygens (including phenoxy) is 2. The molecule has 144 valence electrons. The van der Waals surface area contributed by atoms with Crippen molar-refractivity contribution in [1.29, 1.82) is 0 Å². The van der Waals surface area contributed by atoms with Gasteiger partial charge in [-0.1, -0.05) is 11.6 Å². The van der Waals surface area contributed by atoms with E-state index >= 15 is 0 Å². The molecule has 0 spiro atoms. The van der Waals surface area contributed by atoms with Crippen LogP contribution >= 0.6 is 11.6 Å². The van der Waals surface area contributed by atoms with E-state index in [1.165, 1.54) is 20.6 Å². The van der Waals surface area contributed by atoms with Gasteiger partial charge in [-0.2, -0.15) is 15.0 Å². The Morgan fingerprint density at radius 3 is 2.63 bits per heavy atom. The minimum absolute atomic E-state index is 0.133. The molecule has 2 heterocycles. The molecule has 8 nitrogen and oxygen atoms in total. The van der Waals surface area contributed by atoms with E-state index in [0.717, 1.165) is 25.9 Å². The Hall–Kier alpha value is -2.61. The topological polar surface area (TPSA) is 89.5 Å². The number of carbonyl (C=O) groups is 1. The number of carbonyl (C=O) groups excluding carboxylic acids is 1. The molecule has 0 radical (unpaired) electrons. The first kappa shape index (κ1) is 19.2. The molecule has 1 aromatic carbocycles. The third kappa shape index (κ3) is 4.77. The second-order valence-corrected chi connectivity index (χ2v) is 6.55. The molecule has 3 rings (SSSR count). The summed E-state index contributed by atoms with van der Waals surface area (Å²) in [6.07, 6.45) is 3.42. The lowest BCUT2D eigenvalue weighted by atomic mass is 10.1. The van der Waals surface area contributed by atoms with Gasteiger partial charge in [0.15, 0.2) is 5.82 Å². The molecule has 1 saturated heterocycles. The molecule has 1 aliphatic heterocycles. The Kier molecular flexibility index (Phi) is 6.28. The number of aromatic nitrogens is 3. The lowest BCUT2D eigenvalue weighted by Crippen LogP contribution is -2.32. The van der Waals surface area contributed by atoms with Crippen LogP contribution in [0, 0.1) is 0 Å². The van der Waals surface area contributed by atoms with Crippen molar-refractivity contribution < 1.29 is 14.3 Å². The van der Waals surface area contributed by atoms with E-state index in [-0.39, 0.29) is 18.5 Å². The van der Waals surface area contributed by atoms with Crippen molar-refractivity contribution in [3.05, 3.63) is 34.6 Å². The van der Waals surface area contributed by atoms with E-state index in [1.807, 2.05) is 0 Å². The number of halogens is 1. The molecule has 0 unspecified atom stereocenters. The summed E-state index contributed by atoms with van der Waals surface area (Å²) in [6, 6.07) is 5.11. The molecule has 1 aromatic heterocycles. The van der Waals surface area contributed by atoms with Gasteiger partial charge in [0.2, 0.25) is 5.95 Å². The Balaban J connectivity index is 1.75. The number of methoxy groups -OCH3 is 2. The van der Waals surface area contributed by atoms with E-state index in [0.29, 0.717) is 28.1 Å². The fraction of sp³-hybridized carbons (Fsp3) is 0.444. The van der Waals surface area contributed by atoms with Gasteiger partial charge in [-0.05, 0) is 37.5 Å². The second-order valence-electron chi connectivity index (χ2n) is 6.11. The number of hydrogen-bond donors (Lipinski definition) is 1. The first-order valence-corrected chi connectivity index (χ1v) is 9.14. The van der Waals surface area contributed by atoms with E-state index in [1.54, 1.807) is 18.2 Å². The Labute approximate surface area is 162 Å². The molecule has 27 heavy (non-hydrogen) atoms. The quantitative estimate of drug-likeness (QED) is 0.808. The standard InChI is InChI=1S/C18H22ClN5O3/c1-26-14-7-6-12(19)10-13(14)16(25)20-11-15-21-17(23-18(22-15)27-2)24-8-4-3-5-9-24/h6-7,10H,3-5,8-9,11H2,1-2H3,(H,20,25). The van der Waals surface area contributed by atoms with Crippen molar-refractivity contribution in [2.45, 2.75) is 25.8 Å². The fourth-order valence-corrected chi connectivity index (χ4v) is 3.08. The van der Waals surface area contributed by atoms with Crippen LogP contribution in [0.1, 0.15) is 35.4 Å². The van der Waals surface area contributed by atoms with E-state index < -0.39 is 0 Å². The van der Waals surface area contributed by atoms with Crippen LogP contribution in [-0.4, -0.2) is 48.2 Å². The molecule has 1 N–H and O–H groups in total. The zero-order valence-electron chi connectivity index (χ0n) is 15.4. The maximum Gasteiger partial charge on any atom is 0.321 e. The third-order valence-corrected chi connectivity index (χ3v) is 4.52. The van der Waals surface area contributed by atoms with Crippen LogP contribution in [0.25, 0.3) is 0 Å². The molecular formula is C18H22ClN5O3. The summed E-state index contributed by atoms with van der Waals surface area (Å²) in [4.78, 5) is 27.7. The second kappa shape index (κ2) is 8.85. The first-order valence-electron chi connectivity index (χ1n) is 8.76. The van der Waals surface area contributed by atoms with Crippen molar-refractivity contribution in [3.8, 4) is 11.8 Å². The largest absolute Gasteiger partial charge is 0.496 e. The smallest absolute Gasteiger partial charge is 0.321 e. The number of anilines is 1. The summed E-state index contributed by atoms with van der Waals surface area (Å²) in [6.45, 7) is 1.94. The van der Waals surface area contributed by atoms with Crippen LogP contribution in [0.4, 0.5) is 5.95 Å². The number of amides is 1. The van der Waals surface area contributed by atoms with E-state index in [9.17, 15) is 4.79 Å². The average molecular weight is 392 g/mol. The lowest BCUT2D eigenvalue weighted by molar-refractivity contribution is 0.0946. The summed E-state index contributed by atoms with van der Waals surface area (Å²) < 4.78 is 10.4. The molecule has 0 bridgehead atoms. The number of nitrogens with one attached hydrogen (secondary N) is 1. The molecule has 1 fully saturated rings. The number of rotatable bonds is 6. The number of hydrogen-bond acceptors (Lipinski definition) is 7. The predicted molar refractivity (Wildman–Crippen MR) is 102 cm³/mol. The SMILES string of the molecule is COc1nc(CNC(=O)c2cc(Cl)ccc2OC)nc(N2CCCCC2)n1. The maximum atomic E-state index is 12.5. The summed E-state index contributed by atoms with van der Waals surface area (Å²) in [5, 5.41) is 3.25. The van der Waals surface area contributed by atoms with E-state index in [2.05, 4.69) is 25.2 Å². The summed E-state index contributed by atoms with van der Waals surface area (Å²) in [5.74, 6) is 1.12. The highest BCUT2D eigenvalue weighted by molar-refractivity contribution is 6.31. The average Bonchev–Trinajstić information content (AvgIpc) is 2.72. The highest BCUT2D eigenvalue weighted by Gasteiger charge is 2.18. The normalized spacial score (nSPS) is 14.0. The highest BCUT2D eigenvalue weighted by Crippen LogP contribution is 2.23. The number of nitrogens with zero attached hydrogens (tertiary/aromatic N) is 4. The van der Waals surface area contributed by atoms with Crippen LogP contribution in [0.15, 0.2) is 18.2 Å². The fourth-order valence-electron chi connectivity index (χ4n) is 2.90. The highest BCUT2D eigenvalue weighted by atomic mass is 35.5. The van der Waals surface area contributed by atoms with Gasteiger partial charge in [0.25, 0.3) is 5.91 Å². The first-order chi connectivity index (χ1) is 13.1. The predicted octanol–water partition coefficient (Wildman–Crippen LogP) is 2.46. The van der Waals surface area contributed by atoms with Crippen molar-refractivity contribution in [3.63, 3.8) is 0 Å². The van der Waals surface area contributed by atoms with Gasteiger partial charge in [-0.15, -0.1) is 0 Å². The third-order valence-electron chi connectivity index (χ3n) is 4.28. The zero-order valence-corrected chi connectivity index (χ0v) is 16.1. The molecule has 0 aliphatic carbocycles. The van der Waals surface area contributed by atoms with Crippen LogP contribution in [0.5, 0.6) is 11.8 Å². The molecule has 1 amide bonds. The minimum Gasteiger partial charge on any atom is -0.496 e. The summed E-state index contributed by atoms with van der Waals surface area (Å²) in [5.41, 5.74) is 0.349. The molecule has 0 atom stereocenters. The Morgan fingerprint density at radius 1 is 1.15 bits per heavy atom. The number of piperidine rings is 1. The van der Waals surface area contributed by atoms with Gasteiger partial charge in [0.05, 0.1) is 26.3 Å². The Bertz CT molecular complexity index is 812. The van der Waals surface area contributed by atoms with Gasteiger partial charge in [-0.3, -0.25) is 4.79 Å². The molecule has 0 saturated carbocycles. The maximum absolute atomic E-state index is 12.5. The number of benzene rings is 1. The van der Waals surface area contributed by atoms with Gasteiger partial charge >= 0.3 is 6.01 Å². The van der Waals surface area contributed by atoms with Crippen LogP contribution in [0.3, 0.4) is 0 Å². The van der Waals surface area contributed by atoms with Crippen molar-refractivity contribution in [1.82, 2.24) is 20.3 Å². The molecule has 2 aromatic rings. The van der Waals surface area contributed by atoms with Crippen molar-refractivity contribution in [2.75, 3.05) is 32.2 Å². The summed E-state index contributed by atoms with van der Waals surface area (Å²) in [7, 11) is 3.01. The van der Waals surface area contributed by atoms with Crippen LogP contribution in [0.2, 0.25) is 5.02 Å². The lowest BCUT2D eigenvalue weighted by Gasteiger charge is -2.26.